The second-order valence-electron chi connectivity index (χ2n) is 5.67. The zero-order chi connectivity index (χ0) is 17.6. The molecule has 0 spiro atoms. The number of amides is 3. The van der Waals surface area contributed by atoms with Crippen molar-refractivity contribution in [1.29, 1.82) is 0 Å². The molecule has 0 aliphatic heterocycles. The van der Waals surface area contributed by atoms with Crippen LogP contribution < -0.4 is 16.2 Å². The maximum atomic E-state index is 11.9. The van der Waals surface area contributed by atoms with Crippen molar-refractivity contribution in [2.24, 2.45) is 0 Å². The van der Waals surface area contributed by atoms with E-state index in [1.807, 2.05) is 47.9 Å². The Morgan fingerprint density at radius 1 is 1.04 bits per heavy atom. The first-order valence-electron chi connectivity index (χ1n) is 7.94. The molecule has 0 radical (unpaired) electrons. The molecular formula is C18H19N5O2. The van der Waals surface area contributed by atoms with E-state index in [0.29, 0.717) is 12.2 Å². The van der Waals surface area contributed by atoms with Crippen molar-refractivity contribution in [3.05, 3.63) is 60.4 Å². The molecule has 0 fully saturated rings. The van der Waals surface area contributed by atoms with Gasteiger partial charge in [0.2, 0.25) is 5.91 Å². The lowest BCUT2D eigenvalue weighted by Crippen LogP contribution is -2.44. The Morgan fingerprint density at radius 2 is 1.80 bits per heavy atom. The van der Waals surface area contributed by atoms with Gasteiger partial charge in [-0.15, -0.1) is 0 Å². The second-order valence-corrected chi connectivity index (χ2v) is 5.67. The molecule has 0 saturated heterocycles. The lowest BCUT2D eigenvalue weighted by Gasteiger charge is -2.09. The van der Waals surface area contributed by atoms with Gasteiger partial charge in [-0.25, -0.2) is 15.2 Å². The molecule has 3 amide bonds. The van der Waals surface area contributed by atoms with Gasteiger partial charge in [-0.3, -0.25) is 10.2 Å². The molecule has 0 aliphatic rings. The van der Waals surface area contributed by atoms with E-state index in [0.717, 1.165) is 16.6 Å². The summed E-state index contributed by atoms with van der Waals surface area (Å²) in [6.45, 7) is 2.45. The highest BCUT2D eigenvalue weighted by Crippen LogP contribution is 2.12. The van der Waals surface area contributed by atoms with Crippen LogP contribution >= 0.6 is 0 Å². The summed E-state index contributed by atoms with van der Waals surface area (Å²) in [5.41, 5.74) is 8.35. The van der Waals surface area contributed by atoms with Crippen LogP contribution in [0.15, 0.2) is 54.9 Å². The fraction of sp³-hybridized carbons (Fsp3) is 0.167. The van der Waals surface area contributed by atoms with E-state index in [9.17, 15) is 9.59 Å². The van der Waals surface area contributed by atoms with Gasteiger partial charge in [-0.05, 0) is 31.2 Å². The fourth-order valence-electron chi connectivity index (χ4n) is 2.40. The van der Waals surface area contributed by atoms with Crippen molar-refractivity contribution in [1.82, 2.24) is 20.4 Å². The van der Waals surface area contributed by atoms with Gasteiger partial charge in [0.15, 0.2) is 0 Å². The van der Waals surface area contributed by atoms with Gasteiger partial charge in [0, 0.05) is 18.7 Å². The Bertz CT molecular complexity index is 886. The van der Waals surface area contributed by atoms with Crippen LogP contribution in [0.25, 0.3) is 11.0 Å². The zero-order valence-electron chi connectivity index (χ0n) is 13.8. The van der Waals surface area contributed by atoms with E-state index >= 15 is 0 Å². The summed E-state index contributed by atoms with van der Waals surface area (Å²) in [5.74, 6) is -0.281. The largest absolute Gasteiger partial charge is 0.337 e. The maximum Gasteiger partial charge on any atom is 0.337 e. The number of carbonyl (C=O) groups is 2. The minimum Gasteiger partial charge on any atom is -0.330 e. The number of aryl methyl sites for hydroxylation is 2. The van der Waals surface area contributed by atoms with E-state index in [4.69, 9.17) is 0 Å². The molecule has 0 bridgehead atoms. The number of urea groups is 1. The third-order valence-corrected chi connectivity index (χ3v) is 3.73. The summed E-state index contributed by atoms with van der Waals surface area (Å²) in [4.78, 5) is 27.9. The number of benzene rings is 2. The summed E-state index contributed by atoms with van der Waals surface area (Å²) in [7, 11) is 0. The number of hydrogen-bond donors (Lipinski definition) is 3. The molecule has 3 aromatic rings. The van der Waals surface area contributed by atoms with Gasteiger partial charge < -0.3 is 9.88 Å². The third-order valence-electron chi connectivity index (χ3n) is 3.73. The van der Waals surface area contributed by atoms with Crippen molar-refractivity contribution in [2.75, 3.05) is 5.32 Å². The van der Waals surface area contributed by atoms with E-state index in [-0.39, 0.29) is 12.3 Å². The topological polar surface area (TPSA) is 88.0 Å². The minimum atomic E-state index is -0.495. The van der Waals surface area contributed by atoms with Crippen LogP contribution in [0.5, 0.6) is 0 Å². The zero-order valence-corrected chi connectivity index (χ0v) is 13.8. The summed E-state index contributed by atoms with van der Waals surface area (Å²) in [6, 6.07) is 14.6. The summed E-state index contributed by atoms with van der Waals surface area (Å²) in [6.07, 6.45) is 1.93. The van der Waals surface area contributed by atoms with Gasteiger partial charge in [0.05, 0.1) is 17.4 Å². The second kappa shape index (κ2) is 7.48. The molecule has 3 rings (SSSR count). The molecular weight excluding hydrogens is 318 g/mol. The minimum absolute atomic E-state index is 0.227. The average Bonchev–Trinajstić information content (AvgIpc) is 3.03. The Kier molecular flexibility index (Phi) is 4.94. The van der Waals surface area contributed by atoms with Crippen LogP contribution in [-0.2, 0) is 11.3 Å². The Balaban J connectivity index is 1.44. The fourth-order valence-corrected chi connectivity index (χ4v) is 2.40. The lowest BCUT2D eigenvalue weighted by molar-refractivity contribution is -0.121. The third kappa shape index (κ3) is 4.35. The number of para-hydroxylation sites is 2. The standard InChI is InChI=1S/C18H19N5O2/c1-13-6-8-14(9-7-13)20-18(25)22-21-17(24)10-11-23-12-19-15-4-2-3-5-16(15)23/h2-9,12H,10-11H2,1H3,(H,21,24)(H2,20,22,25). The van der Waals surface area contributed by atoms with Crippen molar-refractivity contribution in [2.45, 2.75) is 19.9 Å². The summed E-state index contributed by atoms with van der Waals surface area (Å²) >= 11 is 0. The Morgan fingerprint density at radius 3 is 2.60 bits per heavy atom. The molecule has 7 nitrogen and oxygen atoms in total. The number of carbonyl (C=O) groups excluding carboxylic acids is 2. The number of aromatic nitrogens is 2. The molecule has 1 heterocycles. The van der Waals surface area contributed by atoms with Crippen molar-refractivity contribution in [3.63, 3.8) is 0 Å². The molecule has 25 heavy (non-hydrogen) atoms. The number of rotatable bonds is 4. The first-order valence-corrected chi connectivity index (χ1v) is 7.94. The number of imidazole rings is 1. The lowest BCUT2D eigenvalue weighted by atomic mass is 10.2. The highest BCUT2D eigenvalue weighted by molar-refractivity contribution is 5.90. The molecule has 1 aromatic heterocycles. The van der Waals surface area contributed by atoms with Crippen LogP contribution in [0, 0.1) is 6.92 Å². The molecule has 0 unspecified atom stereocenters. The normalized spacial score (nSPS) is 10.4. The molecule has 128 valence electrons. The molecule has 2 aromatic carbocycles. The predicted molar refractivity (Wildman–Crippen MR) is 95.8 cm³/mol. The van der Waals surface area contributed by atoms with Gasteiger partial charge in [0.1, 0.15) is 0 Å². The van der Waals surface area contributed by atoms with Crippen molar-refractivity contribution < 1.29 is 9.59 Å². The van der Waals surface area contributed by atoms with E-state index < -0.39 is 6.03 Å². The molecule has 3 N–H and O–H groups in total. The average molecular weight is 337 g/mol. The van der Waals surface area contributed by atoms with E-state index in [2.05, 4.69) is 21.2 Å². The van der Waals surface area contributed by atoms with E-state index in [1.165, 1.54) is 0 Å². The number of fused-ring (bicyclic) bond motifs is 1. The molecule has 0 saturated carbocycles. The van der Waals surface area contributed by atoms with Gasteiger partial charge in [-0.2, -0.15) is 0 Å². The summed E-state index contributed by atoms with van der Waals surface area (Å²) in [5, 5.41) is 2.64. The maximum absolute atomic E-state index is 11.9. The SMILES string of the molecule is Cc1ccc(NC(=O)NNC(=O)CCn2cnc3ccccc32)cc1. The molecule has 7 heteroatoms. The van der Waals surface area contributed by atoms with Crippen LogP contribution in [0.2, 0.25) is 0 Å². The number of nitrogens with one attached hydrogen (secondary N) is 3. The Hall–Kier alpha value is -3.35. The van der Waals surface area contributed by atoms with Crippen LogP contribution in [0.4, 0.5) is 10.5 Å². The highest BCUT2D eigenvalue weighted by atomic mass is 16.2. The van der Waals surface area contributed by atoms with Gasteiger partial charge >= 0.3 is 6.03 Å². The van der Waals surface area contributed by atoms with Gasteiger partial charge in [0.25, 0.3) is 0 Å². The predicted octanol–water partition coefficient (Wildman–Crippen LogP) is 2.59. The van der Waals surface area contributed by atoms with Crippen molar-refractivity contribution in [3.8, 4) is 0 Å². The highest BCUT2D eigenvalue weighted by Gasteiger charge is 2.07. The van der Waals surface area contributed by atoms with Gasteiger partial charge in [-0.1, -0.05) is 29.8 Å². The number of hydrazine groups is 1. The van der Waals surface area contributed by atoms with Crippen molar-refractivity contribution >= 4 is 28.7 Å². The first kappa shape index (κ1) is 16.5. The van der Waals surface area contributed by atoms with E-state index in [1.54, 1.807) is 18.5 Å². The number of anilines is 1. The van der Waals surface area contributed by atoms with Crippen LogP contribution in [0.3, 0.4) is 0 Å². The van der Waals surface area contributed by atoms with Crippen LogP contribution in [-0.4, -0.2) is 21.5 Å². The number of nitrogens with zero attached hydrogens (tertiary/aromatic N) is 2. The molecule has 0 atom stereocenters. The first-order chi connectivity index (χ1) is 12.1. The smallest absolute Gasteiger partial charge is 0.330 e. The monoisotopic (exact) mass is 337 g/mol. The van der Waals surface area contributed by atoms with Crippen LogP contribution in [0.1, 0.15) is 12.0 Å². The Labute approximate surface area is 145 Å². The molecule has 0 aliphatic carbocycles. The number of hydrogen-bond acceptors (Lipinski definition) is 3. The quantitative estimate of drug-likeness (QED) is 0.639. The summed E-state index contributed by atoms with van der Waals surface area (Å²) < 4.78 is 1.90.